The highest BCUT2D eigenvalue weighted by Gasteiger charge is 2.36. The summed E-state index contributed by atoms with van der Waals surface area (Å²) in [4.78, 5) is 11.6. The average Bonchev–Trinajstić information content (AvgIpc) is 3.13. The van der Waals surface area contributed by atoms with Crippen LogP contribution in [0.1, 0.15) is 18.4 Å². The van der Waals surface area contributed by atoms with Gasteiger partial charge in [-0.15, -0.1) is 0 Å². The van der Waals surface area contributed by atoms with Crippen LogP contribution in [0.4, 0.5) is 10.1 Å². The number of carbonyl (C=O) groups is 1. The maximum absolute atomic E-state index is 13.1. The van der Waals surface area contributed by atoms with Crippen LogP contribution in [0.2, 0.25) is 0 Å². The van der Waals surface area contributed by atoms with Gasteiger partial charge in [0.15, 0.2) is 0 Å². The minimum absolute atomic E-state index is 0.239. The van der Waals surface area contributed by atoms with E-state index in [-0.39, 0.29) is 17.8 Å². The maximum atomic E-state index is 13.1. The van der Waals surface area contributed by atoms with Gasteiger partial charge in [0.1, 0.15) is 11.9 Å². The van der Waals surface area contributed by atoms with E-state index in [1.165, 1.54) is 13.2 Å². The standard InChI is InChI=1S/C13H16FNO2/c1-8-7-10(5-6-11(8)14)15-12(9-3-4-9)13(16)17-2/h5-7,9,12,15H,3-4H2,1-2H3. The van der Waals surface area contributed by atoms with E-state index in [2.05, 4.69) is 5.32 Å². The van der Waals surface area contributed by atoms with E-state index in [4.69, 9.17) is 4.74 Å². The molecule has 0 spiro atoms. The van der Waals surface area contributed by atoms with Crippen molar-refractivity contribution in [3.8, 4) is 0 Å². The molecule has 1 N–H and O–H groups in total. The molecule has 1 aromatic rings. The van der Waals surface area contributed by atoms with E-state index in [0.717, 1.165) is 18.5 Å². The molecule has 1 aromatic carbocycles. The number of aryl methyl sites for hydroxylation is 1. The number of halogens is 1. The maximum Gasteiger partial charge on any atom is 0.328 e. The summed E-state index contributed by atoms with van der Waals surface area (Å²) in [7, 11) is 1.38. The molecule has 1 saturated carbocycles. The lowest BCUT2D eigenvalue weighted by Crippen LogP contribution is -2.32. The fourth-order valence-electron chi connectivity index (χ4n) is 1.84. The molecule has 1 aliphatic carbocycles. The molecule has 0 heterocycles. The van der Waals surface area contributed by atoms with Crippen molar-refractivity contribution < 1.29 is 13.9 Å². The van der Waals surface area contributed by atoms with Crippen LogP contribution in [0.3, 0.4) is 0 Å². The Kier molecular flexibility index (Phi) is 3.31. The first-order valence-corrected chi connectivity index (χ1v) is 5.72. The first-order chi connectivity index (χ1) is 8.11. The number of ether oxygens (including phenoxy) is 1. The molecule has 1 fully saturated rings. The van der Waals surface area contributed by atoms with E-state index in [9.17, 15) is 9.18 Å². The Hall–Kier alpha value is -1.58. The van der Waals surface area contributed by atoms with Crippen molar-refractivity contribution in [2.75, 3.05) is 12.4 Å². The van der Waals surface area contributed by atoms with Crippen LogP contribution in [-0.2, 0) is 9.53 Å². The SMILES string of the molecule is COC(=O)C(Nc1ccc(F)c(C)c1)C1CC1. The van der Waals surface area contributed by atoms with Crippen LogP contribution in [-0.4, -0.2) is 19.1 Å². The van der Waals surface area contributed by atoms with E-state index in [1.807, 2.05) is 0 Å². The molecule has 3 nitrogen and oxygen atoms in total. The van der Waals surface area contributed by atoms with Crippen molar-refractivity contribution in [2.45, 2.75) is 25.8 Å². The predicted octanol–water partition coefficient (Wildman–Crippen LogP) is 2.50. The second kappa shape index (κ2) is 4.73. The molecular weight excluding hydrogens is 221 g/mol. The highest BCUT2D eigenvalue weighted by atomic mass is 19.1. The Balaban J connectivity index is 2.11. The van der Waals surface area contributed by atoms with Gasteiger partial charge in [-0.25, -0.2) is 9.18 Å². The van der Waals surface area contributed by atoms with Gasteiger partial charge < -0.3 is 10.1 Å². The molecule has 1 atom stereocenters. The molecule has 0 amide bonds. The summed E-state index contributed by atoms with van der Waals surface area (Å²) >= 11 is 0. The Morgan fingerprint density at radius 1 is 1.53 bits per heavy atom. The molecule has 17 heavy (non-hydrogen) atoms. The lowest BCUT2D eigenvalue weighted by molar-refractivity contribution is -0.142. The van der Waals surface area contributed by atoms with Crippen molar-refractivity contribution >= 4 is 11.7 Å². The number of hydrogen-bond donors (Lipinski definition) is 1. The molecule has 92 valence electrons. The number of carbonyl (C=O) groups excluding carboxylic acids is 1. The van der Waals surface area contributed by atoms with Crippen molar-refractivity contribution in [2.24, 2.45) is 5.92 Å². The van der Waals surface area contributed by atoms with Crippen molar-refractivity contribution in [3.05, 3.63) is 29.6 Å². The Morgan fingerprint density at radius 3 is 2.76 bits per heavy atom. The zero-order valence-corrected chi connectivity index (χ0v) is 10.00. The fraction of sp³-hybridized carbons (Fsp3) is 0.462. The molecule has 1 aliphatic rings. The summed E-state index contributed by atoms with van der Waals surface area (Å²) in [5.74, 6) is -0.154. The first-order valence-electron chi connectivity index (χ1n) is 5.72. The van der Waals surface area contributed by atoms with Gasteiger partial charge in [0, 0.05) is 5.69 Å². The smallest absolute Gasteiger partial charge is 0.328 e. The normalized spacial score (nSPS) is 16.4. The quantitative estimate of drug-likeness (QED) is 0.818. The van der Waals surface area contributed by atoms with Crippen LogP contribution in [0.15, 0.2) is 18.2 Å². The minimum Gasteiger partial charge on any atom is -0.467 e. The van der Waals surface area contributed by atoms with Crippen LogP contribution in [0, 0.1) is 18.7 Å². The van der Waals surface area contributed by atoms with E-state index < -0.39 is 0 Å². The van der Waals surface area contributed by atoms with Crippen LogP contribution in [0.25, 0.3) is 0 Å². The number of rotatable bonds is 4. The summed E-state index contributed by atoms with van der Waals surface area (Å²) < 4.78 is 17.9. The molecule has 0 bridgehead atoms. The summed E-state index contributed by atoms with van der Waals surface area (Å²) in [5, 5.41) is 3.12. The molecule has 4 heteroatoms. The first kappa shape index (κ1) is 11.9. The van der Waals surface area contributed by atoms with Gasteiger partial charge in [-0.05, 0) is 49.4 Å². The van der Waals surface area contributed by atoms with Crippen LogP contribution in [0.5, 0.6) is 0 Å². The van der Waals surface area contributed by atoms with Gasteiger partial charge in [-0.3, -0.25) is 0 Å². The number of nitrogens with one attached hydrogen (secondary N) is 1. The van der Waals surface area contributed by atoms with Gasteiger partial charge in [-0.1, -0.05) is 0 Å². The second-order valence-electron chi connectivity index (χ2n) is 4.45. The molecule has 0 aliphatic heterocycles. The van der Waals surface area contributed by atoms with Crippen LogP contribution >= 0.6 is 0 Å². The van der Waals surface area contributed by atoms with Gasteiger partial charge >= 0.3 is 5.97 Å². The Morgan fingerprint density at radius 2 is 2.24 bits per heavy atom. The third kappa shape index (κ3) is 2.75. The van der Waals surface area contributed by atoms with Crippen molar-refractivity contribution in [1.29, 1.82) is 0 Å². The monoisotopic (exact) mass is 237 g/mol. The largest absolute Gasteiger partial charge is 0.467 e. The number of hydrogen-bond acceptors (Lipinski definition) is 3. The third-order valence-corrected chi connectivity index (χ3v) is 3.03. The molecule has 2 rings (SSSR count). The lowest BCUT2D eigenvalue weighted by atomic mass is 10.1. The minimum atomic E-state index is -0.315. The zero-order chi connectivity index (χ0) is 12.4. The van der Waals surface area contributed by atoms with Crippen molar-refractivity contribution in [3.63, 3.8) is 0 Å². The average molecular weight is 237 g/mol. The summed E-state index contributed by atoms with van der Waals surface area (Å²) in [6, 6.07) is 4.43. The molecular formula is C13H16FNO2. The van der Waals surface area contributed by atoms with Crippen LogP contribution < -0.4 is 5.32 Å². The summed E-state index contributed by atoms with van der Waals surface area (Å²) in [6.45, 7) is 1.70. The highest BCUT2D eigenvalue weighted by molar-refractivity contribution is 5.80. The number of benzene rings is 1. The van der Waals surface area contributed by atoms with Gasteiger partial charge in [0.2, 0.25) is 0 Å². The Bertz CT molecular complexity index is 429. The van der Waals surface area contributed by atoms with Gasteiger partial charge in [0.25, 0.3) is 0 Å². The highest BCUT2D eigenvalue weighted by Crippen LogP contribution is 2.35. The molecule has 0 radical (unpaired) electrons. The van der Waals surface area contributed by atoms with Crippen molar-refractivity contribution in [1.82, 2.24) is 0 Å². The molecule has 0 saturated heterocycles. The predicted molar refractivity (Wildman–Crippen MR) is 63.3 cm³/mol. The summed E-state index contributed by atoms with van der Waals surface area (Å²) in [5.41, 5.74) is 1.32. The fourth-order valence-corrected chi connectivity index (χ4v) is 1.84. The third-order valence-electron chi connectivity index (χ3n) is 3.03. The van der Waals surface area contributed by atoms with Gasteiger partial charge in [0.05, 0.1) is 7.11 Å². The molecule has 1 unspecified atom stereocenters. The van der Waals surface area contributed by atoms with E-state index in [0.29, 0.717) is 11.5 Å². The number of anilines is 1. The zero-order valence-electron chi connectivity index (χ0n) is 10.00. The molecule has 0 aromatic heterocycles. The van der Waals surface area contributed by atoms with E-state index in [1.54, 1.807) is 19.1 Å². The second-order valence-corrected chi connectivity index (χ2v) is 4.45. The van der Waals surface area contributed by atoms with Gasteiger partial charge in [-0.2, -0.15) is 0 Å². The number of methoxy groups -OCH3 is 1. The lowest BCUT2D eigenvalue weighted by Gasteiger charge is -2.17. The Labute approximate surface area is 100.0 Å². The summed E-state index contributed by atoms with van der Waals surface area (Å²) in [6.07, 6.45) is 2.07. The van der Waals surface area contributed by atoms with E-state index >= 15 is 0 Å². The number of esters is 1. The topological polar surface area (TPSA) is 38.3 Å².